The Kier molecular flexibility index (Phi) is 5.81. The van der Waals surface area contributed by atoms with Crippen molar-refractivity contribution in [3.8, 4) is 0 Å². The summed E-state index contributed by atoms with van der Waals surface area (Å²) in [6.45, 7) is 6.99. The van der Waals surface area contributed by atoms with E-state index in [1.807, 2.05) is 0 Å². The van der Waals surface area contributed by atoms with Crippen molar-refractivity contribution >= 4 is 5.84 Å². The summed E-state index contributed by atoms with van der Waals surface area (Å²) >= 11 is 0. The molecular weight excluding hydrogens is 200 g/mol. The van der Waals surface area contributed by atoms with E-state index in [4.69, 9.17) is 10.1 Å². The molecule has 0 bridgehead atoms. The van der Waals surface area contributed by atoms with Gasteiger partial charge in [0.05, 0.1) is 12.4 Å². The van der Waals surface area contributed by atoms with Crippen LogP contribution in [0.4, 0.5) is 0 Å². The van der Waals surface area contributed by atoms with Crippen LogP contribution >= 0.6 is 0 Å². The summed E-state index contributed by atoms with van der Waals surface area (Å²) < 4.78 is 5.13. The fraction of sp³-hybridized carbons (Fsp3) is 0.923. The number of nitrogens with one attached hydrogen (secondary N) is 1. The van der Waals surface area contributed by atoms with E-state index in [1.165, 1.54) is 25.7 Å². The predicted molar refractivity (Wildman–Crippen MR) is 68.0 cm³/mol. The van der Waals surface area contributed by atoms with E-state index in [0.717, 1.165) is 25.5 Å². The molecule has 0 spiro atoms. The minimum atomic E-state index is 0.510. The molecule has 0 unspecified atom stereocenters. The zero-order valence-corrected chi connectivity index (χ0v) is 11.0. The van der Waals surface area contributed by atoms with Gasteiger partial charge >= 0.3 is 0 Å². The molecule has 1 aliphatic carbocycles. The maximum Gasteiger partial charge on any atom is 0.0990 e. The molecule has 0 aromatic carbocycles. The largest absolute Gasteiger partial charge is 0.383 e. The second-order valence-electron chi connectivity index (χ2n) is 5.20. The Morgan fingerprint density at radius 1 is 1.38 bits per heavy atom. The van der Waals surface area contributed by atoms with Gasteiger partial charge < -0.3 is 9.64 Å². The van der Waals surface area contributed by atoms with Crippen molar-refractivity contribution in [1.29, 1.82) is 5.41 Å². The zero-order valence-electron chi connectivity index (χ0n) is 11.0. The summed E-state index contributed by atoms with van der Waals surface area (Å²) in [7, 11) is 1.73. The molecule has 1 N–H and O–H groups in total. The van der Waals surface area contributed by atoms with Crippen molar-refractivity contribution in [3.05, 3.63) is 0 Å². The van der Waals surface area contributed by atoms with Gasteiger partial charge in [0.2, 0.25) is 0 Å². The third-order valence-corrected chi connectivity index (χ3v) is 3.23. The number of nitrogens with zero attached hydrogens (tertiary/aromatic N) is 1. The van der Waals surface area contributed by atoms with Gasteiger partial charge in [-0.25, -0.2) is 0 Å². The van der Waals surface area contributed by atoms with Crippen molar-refractivity contribution in [3.63, 3.8) is 0 Å². The van der Waals surface area contributed by atoms with Gasteiger partial charge in [0.25, 0.3) is 0 Å². The van der Waals surface area contributed by atoms with E-state index in [1.54, 1.807) is 7.11 Å². The van der Waals surface area contributed by atoms with Gasteiger partial charge in [-0.3, -0.25) is 5.41 Å². The minimum absolute atomic E-state index is 0.510. The Balaban J connectivity index is 2.48. The first-order chi connectivity index (χ1) is 7.65. The fourth-order valence-electron chi connectivity index (χ4n) is 2.41. The van der Waals surface area contributed by atoms with Gasteiger partial charge in [-0.1, -0.05) is 26.7 Å². The number of hydrogen-bond acceptors (Lipinski definition) is 2. The number of hydrogen-bond donors (Lipinski definition) is 1. The molecule has 0 amide bonds. The Morgan fingerprint density at radius 2 is 2.00 bits per heavy atom. The van der Waals surface area contributed by atoms with Crippen LogP contribution in [-0.2, 0) is 4.74 Å². The highest BCUT2D eigenvalue weighted by Gasteiger charge is 2.24. The van der Waals surface area contributed by atoms with Gasteiger partial charge in [0.15, 0.2) is 0 Å². The highest BCUT2D eigenvalue weighted by Crippen LogP contribution is 2.26. The van der Waals surface area contributed by atoms with Crippen molar-refractivity contribution in [2.75, 3.05) is 26.8 Å². The van der Waals surface area contributed by atoms with E-state index in [0.29, 0.717) is 11.8 Å². The van der Waals surface area contributed by atoms with Gasteiger partial charge in [-0.2, -0.15) is 0 Å². The topological polar surface area (TPSA) is 36.3 Å². The molecule has 16 heavy (non-hydrogen) atoms. The molecule has 0 aromatic rings. The molecule has 1 rings (SSSR count). The van der Waals surface area contributed by atoms with E-state index in [9.17, 15) is 0 Å². The maximum atomic E-state index is 8.29. The summed E-state index contributed by atoms with van der Waals surface area (Å²) in [6, 6.07) is 0. The molecule has 0 aliphatic heterocycles. The summed E-state index contributed by atoms with van der Waals surface area (Å²) in [5, 5.41) is 8.29. The molecule has 0 atom stereocenters. The maximum absolute atomic E-state index is 8.29. The summed E-state index contributed by atoms with van der Waals surface area (Å²) in [5.41, 5.74) is 0. The van der Waals surface area contributed by atoms with E-state index >= 15 is 0 Å². The lowest BCUT2D eigenvalue weighted by Crippen LogP contribution is -2.39. The van der Waals surface area contributed by atoms with Crippen LogP contribution in [0.25, 0.3) is 0 Å². The first-order valence-corrected chi connectivity index (χ1v) is 6.47. The lowest BCUT2D eigenvalue weighted by Gasteiger charge is -2.29. The van der Waals surface area contributed by atoms with Crippen LogP contribution in [-0.4, -0.2) is 37.5 Å². The van der Waals surface area contributed by atoms with Gasteiger partial charge in [0, 0.05) is 26.1 Å². The lowest BCUT2D eigenvalue weighted by molar-refractivity contribution is 0.169. The van der Waals surface area contributed by atoms with Gasteiger partial charge in [0.1, 0.15) is 0 Å². The fourth-order valence-corrected chi connectivity index (χ4v) is 2.41. The van der Waals surface area contributed by atoms with Crippen molar-refractivity contribution in [2.45, 2.75) is 39.5 Å². The highest BCUT2D eigenvalue weighted by atomic mass is 16.5. The van der Waals surface area contributed by atoms with E-state index < -0.39 is 0 Å². The Labute approximate surface area is 99.7 Å². The number of methoxy groups -OCH3 is 1. The SMILES string of the molecule is COCCN(CC(C)C)C(=N)C1CCCC1. The van der Waals surface area contributed by atoms with Crippen LogP contribution in [0.15, 0.2) is 0 Å². The second-order valence-corrected chi connectivity index (χ2v) is 5.20. The van der Waals surface area contributed by atoms with Crippen molar-refractivity contribution in [2.24, 2.45) is 11.8 Å². The molecule has 94 valence electrons. The first-order valence-electron chi connectivity index (χ1n) is 6.47. The van der Waals surface area contributed by atoms with Crippen LogP contribution < -0.4 is 0 Å². The van der Waals surface area contributed by atoms with E-state index in [-0.39, 0.29) is 0 Å². The molecule has 0 aromatic heterocycles. The summed E-state index contributed by atoms with van der Waals surface area (Å²) in [5.74, 6) is 1.97. The quantitative estimate of drug-likeness (QED) is 0.558. The van der Waals surface area contributed by atoms with E-state index in [2.05, 4.69) is 18.7 Å². The lowest BCUT2D eigenvalue weighted by atomic mass is 10.0. The Bertz CT molecular complexity index is 210. The Morgan fingerprint density at radius 3 is 2.50 bits per heavy atom. The smallest absolute Gasteiger partial charge is 0.0990 e. The van der Waals surface area contributed by atoms with Crippen LogP contribution in [0, 0.1) is 17.2 Å². The third kappa shape index (κ3) is 4.12. The van der Waals surface area contributed by atoms with Crippen LogP contribution in [0.5, 0.6) is 0 Å². The predicted octanol–water partition coefficient (Wildman–Crippen LogP) is 2.76. The molecule has 3 nitrogen and oxygen atoms in total. The monoisotopic (exact) mass is 226 g/mol. The third-order valence-electron chi connectivity index (χ3n) is 3.23. The Hall–Kier alpha value is -0.570. The molecule has 0 radical (unpaired) electrons. The average molecular weight is 226 g/mol. The highest BCUT2D eigenvalue weighted by molar-refractivity contribution is 5.81. The zero-order chi connectivity index (χ0) is 12.0. The normalized spacial score (nSPS) is 17.0. The molecule has 3 heteroatoms. The summed E-state index contributed by atoms with van der Waals surface area (Å²) in [6.07, 6.45) is 5.01. The molecule has 0 saturated heterocycles. The van der Waals surface area contributed by atoms with Gasteiger partial charge in [-0.15, -0.1) is 0 Å². The molecule has 1 fully saturated rings. The van der Waals surface area contributed by atoms with Crippen LogP contribution in [0.2, 0.25) is 0 Å². The van der Waals surface area contributed by atoms with Crippen LogP contribution in [0.3, 0.4) is 0 Å². The van der Waals surface area contributed by atoms with Crippen molar-refractivity contribution < 1.29 is 4.74 Å². The first kappa shape index (κ1) is 13.5. The van der Waals surface area contributed by atoms with Crippen molar-refractivity contribution in [1.82, 2.24) is 4.90 Å². The number of amidine groups is 1. The molecule has 1 saturated carbocycles. The second kappa shape index (κ2) is 6.89. The number of ether oxygens (including phenoxy) is 1. The number of rotatable bonds is 6. The average Bonchev–Trinajstić information content (AvgIpc) is 2.76. The van der Waals surface area contributed by atoms with Crippen LogP contribution in [0.1, 0.15) is 39.5 Å². The standard InChI is InChI=1S/C13H26N2O/c1-11(2)10-15(8-9-16-3)13(14)12-6-4-5-7-12/h11-12,14H,4-10H2,1-3H3. The van der Waals surface area contributed by atoms with Gasteiger partial charge in [-0.05, 0) is 18.8 Å². The molecular formula is C13H26N2O. The summed E-state index contributed by atoms with van der Waals surface area (Å²) in [4.78, 5) is 2.21. The molecule has 1 aliphatic rings. The molecule has 0 heterocycles. The minimum Gasteiger partial charge on any atom is -0.383 e.